The van der Waals surface area contributed by atoms with Gasteiger partial charge in [0.25, 0.3) is 5.91 Å². The molecule has 1 aliphatic carbocycles. The maximum atomic E-state index is 12.9. The first-order chi connectivity index (χ1) is 13.1. The van der Waals surface area contributed by atoms with Gasteiger partial charge in [-0.15, -0.1) is 0 Å². The lowest BCUT2D eigenvalue weighted by Gasteiger charge is -2.22. The summed E-state index contributed by atoms with van der Waals surface area (Å²) in [6.45, 7) is 1.96. The van der Waals surface area contributed by atoms with Gasteiger partial charge in [-0.05, 0) is 42.7 Å². The first-order valence-electron chi connectivity index (χ1n) is 9.07. The van der Waals surface area contributed by atoms with Gasteiger partial charge in [-0.1, -0.05) is 43.3 Å². The molecule has 0 bridgehead atoms. The van der Waals surface area contributed by atoms with Crippen molar-refractivity contribution < 1.29 is 14.4 Å². The monoisotopic (exact) mass is 360 g/mol. The van der Waals surface area contributed by atoms with E-state index in [1.54, 1.807) is 36.4 Å². The molecule has 0 saturated carbocycles. The summed E-state index contributed by atoms with van der Waals surface area (Å²) >= 11 is 0. The van der Waals surface area contributed by atoms with Crippen molar-refractivity contribution in [2.24, 2.45) is 17.8 Å². The van der Waals surface area contributed by atoms with Gasteiger partial charge in [0.2, 0.25) is 11.8 Å². The summed E-state index contributed by atoms with van der Waals surface area (Å²) in [5.74, 6) is -1.22. The number of hydrogen-bond acceptors (Lipinski definition) is 3. The quantitative estimate of drug-likeness (QED) is 0.671. The fourth-order valence-electron chi connectivity index (χ4n) is 3.91. The van der Waals surface area contributed by atoms with E-state index >= 15 is 0 Å². The summed E-state index contributed by atoms with van der Waals surface area (Å²) in [6, 6.07) is 15.8. The number of fused-ring (bicyclic) bond motifs is 1. The molecule has 3 atom stereocenters. The Morgan fingerprint density at radius 1 is 1.04 bits per heavy atom. The zero-order chi connectivity index (χ0) is 19.0. The van der Waals surface area contributed by atoms with Gasteiger partial charge in [-0.25, -0.2) is 0 Å². The van der Waals surface area contributed by atoms with Crippen molar-refractivity contribution in [1.82, 2.24) is 0 Å². The first-order valence-corrected chi connectivity index (χ1v) is 9.07. The number of para-hydroxylation sites is 1. The van der Waals surface area contributed by atoms with Gasteiger partial charge in [-0.3, -0.25) is 19.3 Å². The van der Waals surface area contributed by atoms with E-state index in [0.717, 1.165) is 0 Å². The van der Waals surface area contributed by atoms with Crippen molar-refractivity contribution in [1.29, 1.82) is 0 Å². The van der Waals surface area contributed by atoms with Crippen LogP contribution in [-0.4, -0.2) is 17.7 Å². The maximum absolute atomic E-state index is 12.9. The van der Waals surface area contributed by atoms with Gasteiger partial charge < -0.3 is 5.32 Å². The average Bonchev–Trinajstić information content (AvgIpc) is 2.94. The van der Waals surface area contributed by atoms with E-state index in [1.807, 2.05) is 37.3 Å². The van der Waals surface area contributed by atoms with Gasteiger partial charge in [-0.2, -0.15) is 0 Å². The Hall–Kier alpha value is -3.21. The van der Waals surface area contributed by atoms with Gasteiger partial charge in [0.05, 0.1) is 17.5 Å². The Bertz CT molecular complexity index is 936. The van der Waals surface area contributed by atoms with Gasteiger partial charge in [0.15, 0.2) is 0 Å². The van der Waals surface area contributed by atoms with Crippen molar-refractivity contribution in [3.05, 3.63) is 72.3 Å². The van der Waals surface area contributed by atoms with Crippen LogP contribution in [0.25, 0.3) is 0 Å². The standard InChI is InChI=1S/C22H20N2O3/c1-14-7-5-12-18-19(14)22(27)24(21(18)26)17-11-6-8-15(13-17)20(25)23-16-9-3-2-4-10-16/h2-11,13-14,18-19H,12H2,1H3,(H,23,25)/t14-,18-,19+/m0/s1. The van der Waals surface area contributed by atoms with Crippen LogP contribution in [0.1, 0.15) is 23.7 Å². The predicted octanol–water partition coefficient (Wildman–Crippen LogP) is 3.64. The number of benzene rings is 2. The number of anilines is 2. The summed E-state index contributed by atoms with van der Waals surface area (Å²) in [7, 11) is 0. The zero-order valence-corrected chi connectivity index (χ0v) is 15.0. The number of nitrogens with zero attached hydrogens (tertiary/aromatic N) is 1. The zero-order valence-electron chi connectivity index (χ0n) is 15.0. The van der Waals surface area contributed by atoms with E-state index in [0.29, 0.717) is 23.4 Å². The summed E-state index contributed by atoms with van der Waals surface area (Å²) in [4.78, 5) is 39.5. The minimum absolute atomic E-state index is 0.0368. The summed E-state index contributed by atoms with van der Waals surface area (Å²) in [5, 5.41) is 2.82. The second-order valence-corrected chi connectivity index (χ2v) is 7.04. The van der Waals surface area contributed by atoms with Crippen LogP contribution in [0.2, 0.25) is 0 Å². The molecule has 27 heavy (non-hydrogen) atoms. The molecule has 1 saturated heterocycles. The number of imide groups is 1. The molecule has 1 fully saturated rings. The highest BCUT2D eigenvalue weighted by Crippen LogP contribution is 2.40. The van der Waals surface area contributed by atoms with Crippen LogP contribution >= 0.6 is 0 Å². The van der Waals surface area contributed by atoms with Gasteiger partial charge >= 0.3 is 0 Å². The normalized spacial score (nSPS) is 24.0. The van der Waals surface area contributed by atoms with Crippen LogP contribution in [0.5, 0.6) is 0 Å². The van der Waals surface area contributed by atoms with E-state index in [9.17, 15) is 14.4 Å². The molecule has 2 aromatic rings. The van der Waals surface area contributed by atoms with Crippen LogP contribution in [0.15, 0.2) is 66.7 Å². The third kappa shape index (κ3) is 3.05. The summed E-state index contributed by atoms with van der Waals surface area (Å²) < 4.78 is 0. The molecule has 5 heteroatoms. The highest BCUT2D eigenvalue weighted by molar-refractivity contribution is 6.22. The molecule has 2 aromatic carbocycles. The van der Waals surface area contributed by atoms with Crippen LogP contribution in [0.4, 0.5) is 11.4 Å². The molecule has 3 amide bonds. The van der Waals surface area contributed by atoms with Crippen molar-refractivity contribution >= 4 is 29.1 Å². The Balaban J connectivity index is 1.60. The second-order valence-electron chi connectivity index (χ2n) is 7.04. The average molecular weight is 360 g/mol. The number of carbonyl (C=O) groups is 3. The van der Waals surface area contributed by atoms with Crippen molar-refractivity contribution in [3.63, 3.8) is 0 Å². The molecule has 1 N–H and O–H groups in total. The number of amides is 3. The highest BCUT2D eigenvalue weighted by Gasteiger charge is 2.50. The first kappa shape index (κ1) is 17.2. The summed E-state index contributed by atoms with van der Waals surface area (Å²) in [6.07, 6.45) is 4.56. The molecule has 0 aromatic heterocycles. The molecular formula is C22H20N2O3. The van der Waals surface area contributed by atoms with Gasteiger partial charge in [0, 0.05) is 11.3 Å². The molecule has 2 aliphatic rings. The Labute approximate surface area is 157 Å². The predicted molar refractivity (Wildman–Crippen MR) is 103 cm³/mol. The minimum Gasteiger partial charge on any atom is -0.322 e. The summed E-state index contributed by atoms with van der Waals surface area (Å²) in [5.41, 5.74) is 1.54. The lowest BCUT2D eigenvalue weighted by Crippen LogP contribution is -2.31. The van der Waals surface area contributed by atoms with E-state index in [4.69, 9.17) is 0 Å². The number of hydrogen-bond donors (Lipinski definition) is 1. The molecule has 5 nitrogen and oxygen atoms in total. The second kappa shape index (κ2) is 6.83. The molecule has 4 rings (SSSR count). The van der Waals surface area contributed by atoms with E-state index in [1.165, 1.54) is 4.90 Å². The Kier molecular flexibility index (Phi) is 4.36. The van der Waals surface area contributed by atoms with E-state index < -0.39 is 0 Å². The number of rotatable bonds is 3. The van der Waals surface area contributed by atoms with Crippen LogP contribution in [-0.2, 0) is 9.59 Å². The fourth-order valence-corrected chi connectivity index (χ4v) is 3.91. The molecule has 0 unspecified atom stereocenters. The Morgan fingerprint density at radius 2 is 1.81 bits per heavy atom. The molecule has 0 radical (unpaired) electrons. The fraction of sp³-hybridized carbons (Fsp3) is 0.227. The third-order valence-corrected chi connectivity index (χ3v) is 5.27. The van der Waals surface area contributed by atoms with E-state index in [2.05, 4.69) is 5.32 Å². The SMILES string of the molecule is C[C@H]1C=CC[C@@H]2C(=O)N(c3cccc(C(=O)Nc4ccccc4)c3)C(=O)[C@@H]21. The number of carbonyl (C=O) groups excluding carboxylic acids is 3. The third-order valence-electron chi connectivity index (χ3n) is 5.27. The van der Waals surface area contributed by atoms with Crippen LogP contribution in [0.3, 0.4) is 0 Å². The van der Waals surface area contributed by atoms with Crippen LogP contribution < -0.4 is 10.2 Å². The molecule has 1 aliphatic heterocycles. The highest BCUT2D eigenvalue weighted by atomic mass is 16.2. The minimum atomic E-state index is -0.315. The molecule has 1 heterocycles. The lowest BCUT2D eigenvalue weighted by atomic mass is 9.78. The smallest absolute Gasteiger partial charge is 0.255 e. The topological polar surface area (TPSA) is 66.5 Å². The largest absolute Gasteiger partial charge is 0.322 e. The number of nitrogens with one attached hydrogen (secondary N) is 1. The Morgan fingerprint density at radius 3 is 2.56 bits per heavy atom. The lowest BCUT2D eigenvalue weighted by molar-refractivity contribution is -0.122. The van der Waals surface area contributed by atoms with Crippen molar-refractivity contribution in [3.8, 4) is 0 Å². The maximum Gasteiger partial charge on any atom is 0.255 e. The molecule has 136 valence electrons. The number of allylic oxidation sites excluding steroid dienone is 2. The molecule has 0 spiro atoms. The van der Waals surface area contributed by atoms with Gasteiger partial charge in [0.1, 0.15) is 0 Å². The van der Waals surface area contributed by atoms with Crippen molar-refractivity contribution in [2.75, 3.05) is 10.2 Å². The van der Waals surface area contributed by atoms with E-state index in [-0.39, 0.29) is 35.5 Å². The van der Waals surface area contributed by atoms with Crippen LogP contribution in [0, 0.1) is 17.8 Å². The molecular weight excluding hydrogens is 340 g/mol. The van der Waals surface area contributed by atoms with Crippen molar-refractivity contribution in [2.45, 2.75) is 13.3 Å².